The van der Waals surface area contributed by atoms with E-state index in [0.717, 1.165) is 19.6 Å². The Balaban J connectivity index is 3.92. The van der Waals surface area contributed by atoms with E-state index in [1.165, 1.54) is 12.8 Å². The van der Waals surface area contributed by atoms with Crippen LogP contribution in [0.3, 0.4) is 0 Å². The van der Waals surface area contributed by atoms with Crippen molar-refractivity contribution in [1.82, 2.24) is 9.80 Å². The summed E-state index contributed by atoms with van der Waals surface area (Å²) in [5.41, 5.74) is 0. The fourth-order valence-corrected chi connectivity index (χ4v) is 1.27. The number of unbranched alkanes of at least 4 members (excludes halogenated alkanes) is 1. The van der Waals surface area contributed by atoms with E-state index in [0.29, 0.717) is 5.96 Å². The smallest absolute Gasteiger partial charge is 0.193 e. The van der Waals surface area contributed by atoms with E-state index >= 15 is 0 Å². The molecular weight excluding hydrogens is 162 g/mol. The Morgan fingerprint density at radius 2 is 1.69 bits per heavy atom. The summed E-state index contributed by atoms with van der Waals surface area (Å²) >= 11 is 0. The van der Waals surface area contributed by atoms with Crippen LogP contribution in [-0.2, 0) is 0 Å². The largest absolute Gasteiger partial charge is 0.346 e. The fraction of sp³-hybridized carbons (Fsp3) is 0.900. The van der Waals surface area contributed by atoms with Gasteiger partial charge in [0.05, 0.1) is 0 Å². The summed E-state index contributed by atoms with van der Waals surface area (Å²) in [5, 5.41) is 7.88. The van der Waals surface area contributed by atoms with Gasteiger partial charge in [0.2, 0.25) is 0 Å². The number of hydrogen-bond donors (Lipinski definition) is 1. The molecule has 3 nitrogen and oxygen atoms in total. The third-order valence-corrected chi connectivity index (χ3v) is 2.27. The number of guanidine groups is 1. The van der Waals surface area contributed by atoms with Gasteiger partial charge in [0.25, 0.3) is 0 Å². The van der Waals surface area contributed by atoms with E-state index < -0.39 is 0 Å². The molecule has 0 aromatic rings. The molecule has 0 aliphatic carbocycles. The van der Waals surface area contributed by atoms with Crippen LogP contribution in [0.4, 0.5) is 0 Å². The number of rotatable bonds is 5. The zero-order valence-electron chi connectivity index (χ0n) is 9.43. The monoisotopic (exact) mass is 185 g/mol. The molecule has 78 valence electrons. The lowest BCUT2D eigenvalue weighted by molar-refractivity contribution is 0.359. The van der Waals surface area contributed by atoms with Crippen LogP contribution in [-0.4, -0.2) is 42.4 Å². The first-order valence-electron chi connectivity index (χ1n) is 5.21. The molecule has 0 aromatic heterocycles. The van der Waals surface area contributed by atoms with Gasteiger partial charge in [0, 0.05) is 26.7 Å². The quantitative estimate of drug-likeness (QED) is 0.524. The maximum Gasteiger partial charge on any atom is 0.193 e. The van der Waals surface area contributed by atoms with Crippen molar-refractivity contribution in [3.8, 4) is 0 Å². The molecule has 0 amide bonds. The van der Waals surface area contributed by atoms with Crippen molar-refractivity contribution in [2.24, 2.45) is 0 Å². The predicted molar refractivity (Wildman–Crippen MR) is 58.2 cm³/mol. The Hall–Kier alpha value is -0.730. The lowest BCUT2D eigenvalue weighted by atomic mass is 10.3. The zero-order valence-corrected chi connectivity index (χ0v) is 9.43. The van der Waals surface area contributed by atoms with Gasteiger partial charge < -0.3 is 9.80 Å². The van der Waals surface area contributed by atoms with Crippen molar-refractivity contribution in [2.45, 2.75) is 33.6 Å². The highest BCUT2D eigenvalue weighted by molar-refractivity contribution is 5.76. The zero-order chi connectivity index (χ0) is 10.3. The van der Waals surface area contributed by atoms with Gasteiger partial charge in [-0.05, 0) is 20.3 Å². The summed E-state index contributed by atoms with van der Waals surface area (Å²) in [6, 6.07) is 0. The number of hydrogen-bond acceptors (Lipinski definition) is 1. The van der Waals surface area contributed by atoms with Crippen LogP contribution in [0.25, 0.3) is 0 Å². The Morgan fingerprint density at radius 1 is 1.15 bits per heavy atom. The van der Waals surface area contributed by atoms with Crippen molar-refractivity contribution in [3.05, 3.63) is 0 Å². The maximum absolute atomic E-state index is 7.88. The first-order valence-corrected chi connectivity index (χ1v) is 5.21. The third kappa shape index (κ3) is 4.15. The molecule has 13 heavy (non-hydrogen) atoms. The molecule has 0 unspecified atom stereocenters. The Kier molecular flexibility index (Phi) is 6.37. The Labute approximate surface area is 82.2 Å². The normalized spacial score (nSPS) is 9.85. The molecule has 0 heterocycles. The standard InChI is InChI=1S/C10H23N3/c1-5-8-9-12(4)10(11)13(6-2)7-3/h11H,5-9H2,1-4H3. The second-order valence-corrected chi connectivity index (χ2v) is 3.27. The minimum atomic E-state index is 0.651. The van der Waals surface area contributed by atoms with Gasteiger partial charge in [-0.15, -0.1) is 0 Å². The van der Waals surface area contributed by atoms with Crippen LogP contribution >= 0.6 is 0 Å². The average Bonchev–Trinajstić information content (AvgIpc) is 2.15. The first-order chi connectivity index (χ1) is 6.17. The summed E-state index contributed by atoms with van der Waals surface area (Å²) in [5.74, 6) is 0.651. The van der Waals surface area contributed by atoms with Crippen LogP contribution in [0.5, 0.6) is 0 Å². The van der Waals surface area contributed by atoms with E-state index in [1.54, 1.807) is 0 Å². The van der Waals surface area contributed by atoms with Gasteiger partial charge in [-0.3, -0.25) is 5.41 Å². The van der Waals surface area contributed by atoms with Crippen molar-refractivity contribution in [2.75, 3.05) is 26.7 Å². The summed E-state index contributed by atoms with van der Waals surface area (Å²) in [7, 11) is 2.00. The molecule has 0 bridgehead atoms. The number of nitrogens with zero attached hydrogens (tertiary/aromatic N) is 2. The number of nitrogens with one attached hydrogen (secondary N) is 1. The van der Waals surface area contributed by atoms with E-state index in [1.807, 2.05) is 11.9 Å². The van der Waals surface area contributed by atoms with Gasteiger partial charge in [-0.25, -0.2) is 0 Å². The molecule has 3 heteroatoms. The third-order valence-electron chi connectivity index (χ3n) is 2.27. The summed E-state index contributed by atoms with van der Waals surface area (Å²) in [6.45, 7) is 9.19. The molecular formula is C10H23N3. The van der Waals surface area contributed by atoms with Crippen LogP contribution in [0.1, 0.15) is 33.6 Å². The van der Waals surface area contributed by atoms with Gasteiger partial charge in [-0.1, -0.05) is 13.3 Å². The molecule has 0 spiro atoms. The lowest BCUT2D eigenvalue weighted by Gasteiger charge is -2.29. The first kappa shape index (κ1) is 12.3. The molecule has 0 saturated heterocycles. The van der Waals surface area contributed by atoms with Gasteiger partial charge in [-0.2, -0.15) is 0 Å². The molecule has 0 aliphatic heterocycles. The second-order valence-electron chi connectivity index (χ2n) is 3.27. The van der Waals surface area contributed by atoms with Crippen molar-refractivity contribution in [1.29, 1.82) is 5.41 Å². The average molecular weight is 185 g/mol. The van der Waals surface area contributed by atoms with Gasteiger partial charge in [0.15, 0.2) is 5.96 Å². The van der Waals surface area contributed by atoms with Crippen molar-refractivity contribution in [3.63, 3.8) is 0 Å². The van der Waals surface area contributed by atoms with Crippen LogP contribution in [0.2, 0.25) is 0 Å². The van der Waals surface area contributed by atoms with E-state index in [4.69, 9.17) is 5.41 Å². The summed E-state index contributed by atoms with van der Waals surface area (Å²) in [6.07, 6.45) is 2.36. The van der Waals surface area contributed by atoms with Crippen molar-refractivity contribution < 1.29 is 0 Å². The van der Waals surface area contributed by atoms with Gasteiger partial charge >= 0.3 is 0 Å². The summed E-state index contributed by atoms with van der Waals surface area (Å²) in [4.78, 5) is 4.09. The SMILES string of the molecule is CCCCN(C)C(=N)N(CC)CC. The lowest BCUT2D eigenvalue weighted by Crippen LogP contribution is -2.41. The van der Waals surface area contributed by atoms with E-state index in [-0.39, 0.29) is 0 Å². The Bertz CT molecular complexity index is 141. The predicted octanol–water partition coefficient (Wildman–Crippen LogP) is 1.99. The molecule has 0 radical (unpaired) electrons. The highest BCUT2D eigenvalue weighted by Gasteiger charge is 2.09. The highest BCUT2D eigenvalue weighted by atomic mass is 15.3. The maximum atomic E-state index is 7.88. The Morgan fingerprint density at radius 3 is 2.08 bits per heavy atom. The van der Waals surface area contributed by atoms with Crippen LogP contribution in [0.15, 0.2) is 0 Å². The topological polar surface area (TPSA) is 30.3 Å². The summed E-state index contributed by atoms with van der Waals surface area (Å²) < 4.78 is 0. The van der Waals surface area contributed by atoms with E-state index in [9.17, 15) is 0 Å². The molecule has 0 atom stereocenters. The van der Waals surface area contributed by atoms with Crippen LogP contribution < -0.4 is 0 Å². The molecule has 0 aliphatic rings. The molecule has 0 saturated carbocycles. The van der Waals surface area contributed by atoms with Crippen molar-refractivity contribution >= 4 is 5.96 Å². The van der Waals surface area contributed by atoms with E-state index in [2.05, 4.69) is 25.7 Å². The molecule has 0 rings (SSSR count). The fourth-order valence-electron chi connectivity index (χ4n) is 1.27. The molecule has 0 aromatic carbocycles. The highest BCUT2D eigenvalue weighted by Crippen LogP contribution is 1.97. The minimum absolute atomic E-state index is 0.651. The molecule has 1 N–H and O–H groups in total. The van der Waals surface area contributed by atoms with Gasteiger partial charge in [0.1, 0.15) is 0 Å². The minimum Gasteiger partial charge on any atom is -0.346 e. The van der Waals surface area contributed by atoms with Crippen LogP contribution in [0, 0.1) is 5.41 Å². The molecule has 0 fully saturated rings. The second kappa shape index (κ2) is 6.75.